The first-order valence-corrected chi connectivity index (χ1v) is 12.4. The van der Waals surface area contributed by atoms with Crippen molar-refractivity contribution in [2.45, 2.75) is 50.2 Å². The fourth-order valence-corrected chi connectivity index (χ4v) is 4.79. The van der Waals surface area contributed by atoms with Crippen LogP contribution in [0, 0.1) is 5.82 Å². The molecule has 1 aliphatic rings. The number of likely N-dealkylation sites (tertiary alicyclic amines) is 1. The Balaban J connectivity index is 1.23. The maximum Gasteiger partial charge on any atom is 0.421 e. The molecule has 1 fully saturated rings. The van der Waals surface area contributed by atoms with Crippen LogP contribution in [0.1, 0.15) is 30.9 Å². The van der Waals surface area contributed by atoms with E-state index < -0.39 is 23.2 Å². The topological polar surface area (TPSA) is 96.4 Å². The van der Waals surface area contributed by atoms with Gasteiger partial charge >= 0.3 is 6.18 Å². The summed E-state index contributed by atoms with van der Waals surface area (Å²) in [6.07, 6.45) is -1.25. The average molecular weight is 546 g/mol. The Kier molecular flexibility index (Phi) is 6.81. The summed E-state index contributed by atoms with van der Waals surface area (Å²) >= 11 is 0. The van der Waals surface area contributed by atoms with Crippen LogP contribution >= 0.6 is 0 Å². The largest absolute Gasteiger partial charge is 0.421 e. The van der Waals surface area contributed by atoms with E-state index in [-0.39, 0.29) is 23.1 Å². The molecule has 8 nitrogen and oxygen atoms in total. The molecule has 5 rings (SSSR count). The molecule has 0 bridgehead atoms. The minimum absolute atomic E-state index is 0.0472. The first-order chi connectivity index (χ1) is 18.4. The van der Waals surface area contributed by atoms with E-state index >= 15 is 0 Å². The van der Waals surface area contributed by atoms with Crippen molar-refractivity contribution < 1.29 is 27.8 Å². The van der Waals surface area contributed by atoms with Gasteiger partial charge in [-0.05, 0) is 55.2 Å². The molecule has 2 aromatic heterocycles. The van der Waals surface area contributed by atoms with Crippen molar-refractivity contribution in [1.82, 2.24) is 24.2 Å². The molecule has 4 aromatic rings. The van der Waals surface area contributed by atoms with E-state index in [0.717, 1.165) is 12.5 Å². The van der Waals surface area contributed by atoms with Crippen LogP contribution in [0.25, 0.3) is 16.7 Å². The summed E-state index contributed by atoms with van der Waals surface area (Å²) in [5.41, 5.74) is -2.98. The van der Waals surface area contributed by atoms with Gasteiger partial charge in [-0.3, -0.25) is 14.3 Å². The predicted octanol–water partition coefficient (Wildman–Crippen LogP) is 3.52. The van der Waals surface area contributed by atoms with E-state index in [1.54, 1.807) is 12.1 Å². The molecule has 0 spiro atoms. The van der Waals surface area contributed by atoms with Gasteiger partial charge in [0, 0.05) is 19.6 Å². The summed E-state index contributed by atoms with van der Waals surface area (Å²) < 4.78 is 55.3. The summed E-state index contributed by atoms with van der Waals surface area (Å²) in [5, 5.41) is 25.6. The second-order valence-corrected chi connectivity index (χ2v) is 10.2. The highest BCUT2D eigenvalue weighted by Gasteiger charge is 2.51. The normalized spacial score (nSPS) is 17.8. The van der Waals surface area contributed by atoms with Crippen molar-refractivity contribution in [3.8, 4) is 5.69 Å². The third-order valence-electron chi connectivity index (χ3n) is 7.35. The lowest BCUT2D eigenvalue weighted by Crippen LogP contribution is -2.47. The van der Waals surface area contributed by atoms with Crippen LogP contribution in [-0.4, -0.2) is 59.3 Å². The number of aromatic nitrogens is 4. The van der Waals surface area contributed by atoms with Gasteiger partial charge in [-0.2, -0.15) is 18.3 Å². The number of halogens is 4. The predicted molar refractivity (Wildman–Crippen MR) is 135 cm³/mol. The number of rotatable bonds is 6. The Morgan fingerprint density at radius 3 is 2.28 bits per heavy atom. The molecule has 0 aliphatic carbocycles. The number of benzene rings is 2. The second kappa shape index (κ2) is 9.85. The molecule has 2 N–H and O–H groups in total. The van der Waals surface area contributed by atoms with Crippen LogP contribution in [0.4, 0.5) is 17.6 Å². The first-order valence-electron chi connectivity index (χ1n) is 12.4. The van der Waals surface area contributed by atoms with E-state index in [2.05, 4.69) is 15.0 Å². The van der Waals surface area contributed by atoms with Crippen molar-refractivity contribution in [3.05, 3.63) is 88.4 Å². The van der Waals surface area contributed by atoms with Gasteiger partial charge in [-0.1, -0.05) is 24.3 Å². The molecule has 206 valence electrons. The van der Waals surface area contributed by atoms with E-state index in [0.29, 0.717) is 43.8 Å². The average Bonchev–Trinajstić information content (AvgIpc) is 3.32. The van der Waals surface area contributed by atoms with Crippen LogP contribution in [0.3, 0.4) is 0 Å². The smallest absolute Gasteiger partial charge is 0.388 e. The number of hydrogen-bond acceptors (Lipinski definition) is 6. The molecule has 12 heteroatoms. The van der Waals surface area contributed by atoms with Gasteiger partial charge in [-0.15, -0.1) is 0 Å². The molecule has 0 saturated carbocycles. The van der Waals surface area contributed by atoms with Crippen LogP contribution in [-0.2, 0) is 18.7 Å². The number of hydrogen-bond donors (Lipinski definition) is 2. The van der Waals surface area contributed by atoms with Crippen LogP contribution in [0.15, 0.2) is 65.8 Å². The first kappa shape index (κ1) is 27.0. The van der Waals surface area contributed by atoms with Crippen molar-refractivity contribution in [3.63, 3.8) is 0 Å². The van der Waals surface area contributed by atoms with E-state index in [4.69, 9.17) is 0 Å². The molecule has 0 radical (unpaired) electrons. The molecule has 0 amide bonds. The molecule has 39 heavy (non-hydrogen) atoms. The minimum Gasteiger partial charge on any atom is -0.388 e. The fraction of sp³-hybridized carbons (Fsp3) is 0.370. The van der Waals surface area contributed by atoms with Crippen molar-refractivity contribution >= 4 is 11.0 Å². The third-order valence-corrected chi connectivity index (χ3v) is 7.35. The lowest BCUT2D eigenvalue weighted by Gasteiger charge is -2.38. The zero-order valence-electron chi connectivity index (χ0n) is 21.1. The van der Waals surface area contributed by atoms with E-state index in [1.165, 1.54) is 58.2 Å². The molecule has 1 aliphatic heterocycles. The quantitative estimate of drug-likeness (QED) is 0.360. The van der Waals surface area contributed by atoms with Gasteiger partial charge in [-0.25, -0.2) is 14.1 Å². The van der Waals surface area contributed by atoms with Crippen molar-refractivity contribution in [1.29, 1.82) is 0 Å². The summed E-state index contributed by atoms with van der Waals surface area (Å²) in [4.78, 5) is 19.5. The molecule has 1 atom stereocenters. The third kappa shape index (κ3) is 5.32. The van der Waals surface area contributed by atoms with Crippen LogP contribution in [0.5, 0.6) is 0 Å². The monoisotopic (exact) mass is 545 g/mol. The molecular formula is C27H27F4N5O3. The molecule has 0 unspecified atom stereocenters. The SMILES string of the molecule is C[C@@](O)(c1ccc(CN2CCC(O)(Cn3cnc4c(cnn4-c4ccc(F)cc4)c3=O)CC2)cc1)C(F)(F)F. The molecular weight excluding hydrogens is 518 g/mol. The van der Waals surface area contributed by atoms with Crippen molar-refractivity contribution in [2.75, 3.05) is 13.1 Å². The Hall–Kier alpha value is -3.61. The van der Waals surface area contributed by atoms with Gasteiger partial charge in [0.05, 0.1) is 24.0 Å². The molecule has 1 saturated heterocycles. The summed E-state index contributed by atoms with van der Waals surface area (Å²) in [6, 6.07) is 11.3. The Bertz CT molecular complexity index is 1520. The van der Waals surface area contributed by atoms with E-state index in [9.17, 15) is 32.6 Å². The Morgan fingerprint density at radius 2 is 1.67 bits per heavy atom. The zero-order valence-corrected chi connectivity index (χ0v) is 21.1. The lowest BCUT2D eigenvalue weighted by molar-refractivity contribution is -0.258. The Morgan fingerprint density at radius 1 is 1.03 bits per heavy atom. The highest BCUT2D eigenvalue weighted by molar-refractivity contribution is 5.74. The van der Waals surface area contributed by atoms with Gasteiger partial charge in [0.1, 0.15) is 17.5 Å². The number of aliphatic hydroxyl groups is 2. The van der Waals surface area contributed by atoms with Gasteiger partial charge in [0.25, 0.3) is 5.56 Å². The maximum absolute atomic E-state index is 13.3. The lowest BCUT2D eigenvalue weighted by atomic mass is 9.90. The maximum atomic E-state index is 13.3. The number of fused-ring (bicyclic) bond motifs is 1. The molecule has 2 aromatic carbocycles. The summed E-state index contributed by atoms with van der Waals surface area (Å²) in [5.74, 6) is -0.391. The van der Waals surface area contributed by atoms with Gasteiger partial charge in [0.15, 0.2) is 11.2 Å². The Labute approximate surface area is 220 Å². The molecule has 3 heterocycles. The number of nitrogens with zero attached hydrogens (tertiary/aromatic N) is 5. The number of piperidine rings is 1. The van der Waals surface area contributed by atoms with Gasteiger partial charge < -0.3 is 10.2 Å². The van der Waals surface area contributed by atoms with Gasteiger partial charge in [0.2, 0.25) is 0 Å². The zero-order chi connectivity index (χ0) is 28.0. The fourth-order valence-electron chi connectivity index (χ4n) is 4.79. The highest BCUT2D eigenvalue weighted by atomic mass is 19.4. The van der Waals surface area contributed by atoms with Crippen molar-refractivity contribution in [2.24, 2.45) is 0 Å². The summed E-state index contributed by atoms with van der Waals surface area (Å²) in [7, 11) is 0. The van der Waals surface area contributed by atoms with Crippen LogP contribution < -0.4 is 5.56 Å². The highest BCUT2D eigenvalue weighted by Crippen LogP contribution is 2.38. The van der Waals surface area contributed by atoms with E-state index in [1.807, 2.05) is 0 Å². The minimum atomic E-state index is -4.78. The number of alkyl halides is 3. The van der Waals surface area contributed by atoms with Crippen LogP contribution in [0.2, 0.25) is 0 Å². The second-order valence-electron chi connectivity index (χ2n) is 10.2. The standard InChI is InChI=1S/C27H27F4N5O3/c1-25(38,27(29,30)31)19-4-2-18(3-5-19)15-34-12-10-26(39,11-13-34)16-35-17-32-23-22(24(35)37)14-33-36(23)21-8-6-20(28)7-9-21/h2-9,14,17,38-39H,10-13,15-16H2,1H3/t25-/m1/s1. The summed E-state index contributed by atoms with van der Waals surface area (Å²) in [6.45, 7) is 2.28.